The van der Waals surface area contributed by atoms with Gasteiger partial charge in [-0.05, 0) is 30.5 Å². The summed E-state index contributed by atoms with van der Waals surface area (Å²) in [7, 11) is -4.06. The monoisotopic (exact) mass is 212 g/mol. The Hall–Kier alpha value is -1.13. The van der Waals surface area contributed by atoms with Crippen LogP contribution in [0.25, 0.3) is 0 Å². The summed E-state index contributed by atoms with van der Waals surface area (Å²) in [6.45, 7) is 3.60. The summed E-state index contributed by atoms with van der Waals surface area (Å²) < 4.78 is 30.1. The third-order valence-electron chi connectivity index (χ3n) is 1.86. The summed E-state index contributed by atoms with van der Waals surface area (Å²) in [5.41, 5.74) is 1.03. The summed E-state index contributed by atoms with van der Waals surface area (Å²) in [5, 5.41) is 0. The highest BCUT2D eigenvalue weighted by atomic mass is 32.2. The largest absolute Gasteiger partial charge is 0.294 e. The molecule has 0 aliphatic carbocycles. The average molecular weight is 212 g/mol. The third kappa shape index (κ3) is 2.97. The molecule has 0 radical (unpaired) electrons. The van der Waals surface area contributed by atoms with Crippen LogP contribution in [0.2, 0.25) is 0 Å². The van der Waals surface area contributed by atoms with Crippen LogP contribution in [0, 0.1) is 0 Å². The van der Waals surface area contributed by atoms with E-state index in [0.717, 1.165) is 18.4 Å². The van der Waals surface area contributed by atoms with Crippen LogP contribution in [0.4, 0.5) is 0 Å². The number of benzene rings is 1. The highest BCUT2D eigenvalue weighted by molar-refractivity contribution is 7.85. The van der Waals surface area contributed by atoms with Crippen molar-refractivity contribution < 1.29 is 13.0 Å². The molecule has 1 rings (SSSR count). The lowest BCUT2D eigenvalue weighted by Crippen LogP contribution is -1.97. The molecule has 0 aliphatic heterocycles. The van der Waals surface area contributed by atoms with E-state index in [9.17, 15) is 8.42 Å². The smallest absolute Gasteiger partial charge is 0.282 e. The fourth-order valence-corrected chi connectivity index (χ4v) is 1.58. The van der Waals surface area contributed by atoms with Crippen molar-refractivity contribution in [3.8, 4) is 0 Å². The van der Waals surface area contributed by atoms with Gasteiger partial charge >= 0.3 is 0 Å². The van der Waals surface area contributed by atoms with Crippen molar-refractivity contribution in [3.63, 3.8) is 0 Å². The van der Waals surface area contributed by atoms with E-state index in [4.69, 9.17) is 4.55 Å². The molecule has 3 nitrogen and oxygen atoms in total. The molecule has 0 saturated heterocycles. The first kappa shape index (κ1) is 10.9. The lowest BCUT2D eigenvalue weighted by Gasteiger charge is -2.00. The van der Waals surface area contributed by atoms with E-state index >= 15 is 0 Å². The number of hydrogen-bond acceptors (Lipinski definition) is 2. The lowest BCUT2D eigenvalue weighted by molar-refractivity contribution is 0.483. The summed E-state index contributed by atoms with van der Waals surface area (Å²) in [5.74, 6) is 0. The van der Waals surface area contributed by atoms with E-state index in [-0.39, 0.29) is 4.90 Å². The van der Waals surface area contributed by atoms with Crippen LogP contribution in [0.5, 0.6) is 0 Å². The van der Waals surface area contributed by atoms with Crippen LogP contribution >= 0.6 is 0 Å². The zero-order valence-electron chi connectivity index (χ0n) is 7.68. The third-order valence-corrected chi connectivity index (χ3v) is 2.73. The molecular weight excluding hydrogens is 200 g/mol. The van der Waals surface area contributed by atoms with Gasteiger partial charge in [-0.25, -0.2) is 0 Å². The number of hydrogen-bond donors (Lipinski definition) is 1. The van der Waals surface area contributed by atoms with E-state index in [1.165, 1.54) is 12.1 Å². The zero-order valence-corrected chi connectivity index (χ0v) is 8.50. The second-order valence-corrected chi connectivity index (χ2v) is 4.37. The van der Waals surface area contributed by atoms with E-state index in [2.05, 4.69) is 6.58 Å². The molecule has 1 aromatic rings. The summed E-state index contributed by atoms with van der Waals surface area (Å²) in [6.07, 6.45) is 3.48. The molecule has 0 aromatic heterocycles. The first-order valence-electron chi connectivity index (χ1n) is 4.21. The maximum atomic E-state index is 10.7. The van der Waals surface area contributed by atoms with Gasteiger partial charge in [0.05, 0.1) is 4.90 Å². The van der Waals surface area contributed by atoms with Crippen molar-refractivity contribution in [1.29, 1.82) is 0 Å². The average Bonchev–Trinajstić information content (AvgIpc) is 2.14. The van der Waals surface area contributed by atoms with Gasteiger partial charge in [-0.3, -0.25) is 4.55 Å². The van der Waals surface area contributed by atoms with Gasteiger partial charge in [0.1, 0.15) is 0 Å². The minimum atomic E-state index is -4.06. The topological polar surface area (TPSA) is 54.4 Å². The van der Waals surface area contributed by atoms with E-state index < -0.39 is 10.1 Å². The molecule has 0 bridgehead atoms. The Labute approximate surface area is 83.8 Å². The number of allylic oxidation sites excluding steroid dienone is 1. The summed E-state index contributed by atoms with van der Waals surface area (Å²) in [6, 6.07) is 6.17. The first-order chi connectivity index (χ1) is 6.54. The maximum Gasteiger partial charge on any atom is 0.294 e. The Balaban J connectivity index is 2.84. The van der Waals surface area contributed by atoms with Gasteiger partial charge < -0.3 is 0 Å². The summed E-state index contributed by atoms with van der Waals surface area (Å²) >= 11 is 0. The highest BCUT2D eigenvalue weighted by Crippen LogP contribution is 2.11. The lowest BCUT2D eigenvalue weighted by atomic mass is 10.1. The van der Waals surface area contributed by atoms with Crippen molar-refractivity contribution in [2.45, 2.75) is 17.7 Å². The highest BCUT2D eigenvalue weighted by Gasteiger charge is 2.07. The number of aryl methyl sites for hydroxylation is 1. The molecule has 0 unspecified atom stereocenters. The van der Waals surface area contributed by atoms with E-state index in [0.29, 0.717) is 0 Å². The van der Waals surface area contributed by atoms with Crippen molar-refractivity contribution in [1.82, 2.24) is 0 Å². The fourth-order valence-electron chi connectivity index (χ4n) is 1.10. The first-order valence-corrected chi connectivity index (χ1v) is 5.65. The second kappa shape index (κ2) is 4.39. The normalized spacial score (nSPS) is 11.2. The second-order valence-electron chi connectivity index (χ2n) is 2.95. The van der Waals surface area contributed by atoms with Crippen LogP contribution < -0.4 is 0 Å². The van der Waals surface area contributed by atoms with Crippen LogP contribution in [-0.4, -0.2) is 13.0 Å². The Morgan fingerprint density at radius 3 is 2.29 bits per heavy atom. The van der Waals surface area contributed by atoms with Gasteiger partial charge in [0.25, 0.3) is 10.1 Å². The number of rotatable bonds is 4. The molecule has 0 aliphatic rings. The Morgan fingerprint density at radius 1 is 1.29 bits per heavy atom. The fraction of sp³-hybridized carbons (Fsp3) is 0.200. The standard InChI is InChI=1S/C10H12O3S/c1-2-3-4-9-5-7-10(8-6-9)14(11,12)13/h2,5-8H,1,3-4H2,(H,11,12,13). The minimum Gasteiger partial charge on any atom is -0.282 e. The van der Waals surface area contributed by atoms with Gasteiger partial charge in [-0.15, -0.1) is 6.58 Å². The molecule has 0 spiro atoms. The van der Waals surface area contributed by atoms with Gasteiger partial charge in [0.2, 0.25) is 0 Å². The molecule has 76 valence electrons. The van der Waals surface area contributed by atoms with Crippen LogP contribution in [0.1, 0.15) is 12.0 Å². The molecule has 0 atom stereocenters. The molecule has 1 aromatic carbocycles. The van der Waals surface area contributed by atoms with Crippen molar-refractivity contribution in [2.24, 2.45) is 0 Å². The predicted octanol–water partition coefficient (Wildman–Crippen LogP) is 2.05. The molecular formula is C10H12O3S. The maximum absolute atomic E-state index is 10.7. The molecule has 14 heavy (non-hydrogen) atoms. The molecule has 0 saturated carbocycles. The van der Waals surface area contributed by atoms with Crippen LogP contribution in [0.3, 0.4) is 0 Å². The van der Waals surface area contributed by atoms with Gasteiger partial charge in [0, 0.05) is 0 Å². The SMILES string of the molecule is C=CCCc1ccc(S(=O)(=O)O)cc1. The van der Waals surface area contributed by atoms with Gasteiger partial charge in [0.15, 0.2) is 0 Å². The van der Waals surface area contributed by atoms with Crippen molar-refractivity contribution in [3.05, 3.63) is 42.5 Å². The minimum absolute atomic E-state index is 0.0696. The van der Waals surface area contributed by atoms with Gasteiger partial charge in [-0.1, -0.05) is 18.2 Å². The molecule has 0 heterocycles. The quantitative estimate of drug-likeness (QED) is 0.614. The van der Waals surface area contributed by atoms with Crippen LogP contribution in [-0.2, 0) is 16.5 Å². The zero-order chi connectivity index (χ0) is 10.6. The Morgan fingerprint density at radius 2 is 1.86 bits per heavy atom. The van der Waals surface area contributed by atoms with Gasteiger partial charge in [-0.2, -0.15) is 8.42 Å². The van der Waals surface area contributed by atoms with E-state index in [1.54, 1.807) is 18.2 Å². The molecule has 1 N–H and O–H groups in total. The molecule has 0 fully saturated rings. The predicted molar refractivity (Wildman–Crippen MR) is 54.8 cm³/mol. The Bertz CT molecular complexity index is 403. The Kier molecular flexibility index (Phi) is 3.43. The van der Waals surface area contributed by atoms with Crippen molar-refractivity contribution in [2.75, 3.05) is 0 Å². The molecule has 4 heteroatoms. The molecule has 0 amide bonds. The summed E-state index contributed by atoms with van der Waals surface area (Å²) in [4.78, 5) is -0.0696. The van der Waals surface area contributed by atoms with Crippen molar-refractivity contribution >= 4 is 10.1 Å². The van der Waals surface area contributed by atoms with E-state index in [1.807, 2.05) is 0 Å². The van der Waals surface area contributed by atoms with Crippen LogP contribution in [0.15, 0.2) is 41.8 Å².